The van der Waals surface area contributed by atoms with Crippen LogP contribution < -0.4 is 10.3 Å². The highest BCUT2D eigenvalue weighted by Gasteiger charge is 2.46. The van der Waals surface area contributed by atoms with Crippen molar-refractivity contribution >= 4 is 30.7 Å². The number of hydrogen-bond acceptors (Lipinski definition) is 7. The number of rotatable bonds is 11. The van der Waals surface area contributed by atoms with Crippen LogP contribution in [0.4, 0.5) is 13.2 Å². The van der Waals surface area contributed by atoms with Gasteiger partial charge in [0.15, 0.2) is 5.78 Å². The number of benzene rings is 2. The van der Waals surface area contributed by atoms with E-state index in [9.17, 15) is 27.6 Å². The minimum absolute atomic E-state index is 0.0432. The molecule has 1 aromatic heterocycles. The molecule has 2 aliphatic rings. The van der Waals surface area contributed by atoms with Crippen molar-refractivity contribution in [1.82, 2.24) is 15.0 Å². The van der Waals surface area contributed by atoms with Crippen LogP contribution in [0.2, 0.25) is 25.7 Å². The predicted octanol–water partition coefficient (Wildman–Crippen LogP) is 6.79. The number of hydrogen-bond donors (Lipinski definition) is 0. The lowest BCUT2D eigenvalue weighted by molar-refractivity contribution is -0.150. The molecule has 242 valence electrons. The molecule has 0 N–H and O–H groups in total. The molecule has 2 saturated carbocycles. The summed E-state index contributed by atoms with van der Waals surface area (Å²) in [5.74, 6) is -1.48. The standard InChI is InChI=1S/C33H40F3N3O5Si/c1-45(2,3)17-16-43-32(42)29-23(19-39-31(41)27-18-24(33(34,35)36)11-15-28(27)37-38-39)10-14-26(29)30(40)22-8-12-25(13-9-22)44-20-21-6-4-5-7-21/h8-9,11-13,15,18,21,23,26,29H,4-7,10,14,16-17,19-20H2,1-3H3/t23-,26-,29-/m0/s1. The zero-order valence-electron chi connectivity index (χ0n) is 25.9. The molecule has 2 aromatic carbocycles. The van der Waals surface area contributed by atoms with Crippen molar-refractivity contribution < 1.29 is 32.2 Å². The SMILES string of the molecule is C[Si](C)(C)CCOC(=O)[C@H]1[C@H](Cn2nnc3ccc(C(F)(F)F)cc3c2=O)CC[C@@H]1C(=O)c1ccc(OCC2CCCC2)cc1. The van der Waals surface area contributed by atoms with Gasteiger partial charge in [-0.3, -0.25) is 14.4 Å². The van der Waals surface area contributed by atoms with Crippen LogP contribution in [0.5, 0.6) is 5.75 Å². The molecule has 5 rings (SSSR count). The first-order chi connectivity index (χ1) is 21.3. The van der Waals surface area contributed by atoms with E-state index in [2.05, 4.69) is 30.0 Å². The number of Topliss-reactive ketones (excluding diaryl/α,β-unsaturated/α-hetero) is 1. The number of carbonyl (C=O) groups is 2. The number of aromatic nitrogens is 3. The topological polar surface area (TPSA) is 100 Å². The second-order valence-electron chi connectivity index (χ2n) is 13.6. The first kappa shape index (κ1) is 32.8. The number of halogens is 3. The highest BCUT2D eigenvalue weighted by atomic mass is 28.3. The van der Waals surface area contributed by atoms with Gasteiger partial charge < -0.3 is 9.47 Å². The number of nitrogens with zero attached hydrogens (tertiary/aromatic N) is 3. The monoisotopic (exact) mass is 643 g/mol. The summed E-state index contributed by atoms with van der Waals surface area (Å²) in [6, 6.07) is 10.5. The van der Waals surface area contributed by atoms with Crippen molar-refractivity contribution in [1.29, 1.82) is 0 Å². The minimum atomic E-state index is -4.63. The van der Waals surface area contributed by atoms with Crippen molar-refractivity contribution in [3.8, 4) is 5.75 Å². The molecule has 3 atom stereocenters. The number of carbonyl (C=O) groups excluding carboxylic acids is 2. The third kappa shape index (κ3) is 8.00. The maximum Gasteiger partial charge on any atom is 0.416 e. The third-order valence-electron chi connectivity index (χ3n) is 9.05. The van der Waals surface area contributed by atoms with Crippen molar-refractivity contribution in [2.24, 2.45) is 23.7 Å². The van der Waals surface area contributed by atoms with Crippen molar-refractivity contribution in [2.75, 3.05) is 13.2 Å². The van der Waals surface area contributed by atoms with Crippen LogP contribution in [0, 0.1) is 23.7 Å². The first-order valence-corrected chi connectivity index (χ1v) is 19.4. The van der Waals surface area contributed by atoms with Gasteiger partial charge in [0, 0.05) is 19.6 Å². The summed E-state index contributed by atoms with van der Waals surface area (Å²) >= 11 is 0. The van der Waals surface area contributed by atoms with Gasteiger partial charge in [-0.15, -0.1) is 5.10 Å². The highest BCUT2D eigenvalue weighted by molar-refractivity contribution is 6.76. The normalized spacial score (nSPS) is 20.9. The Morgan fingerprint density at radius 1 is 1.00 bits per heavy atom. The number of ketones is 1. The van der Waals surface area contributed by atoms with Crippen molar-refractivity contribution in [2.45, 2.75) is 76.9 Å². The largest absolute Gasteiger partial charge is 0.493 e. The molecule has 45 heavy (non-hydrogen) atoms. The van der Waals surface area contributed by atoms with Crippen LogP contribution in [-0.2, 0) is 22.3 Å². The maximum absolute atomic E-state index is 13.8. The van der Waals surface area contributed by atoms with E-state index in [0.29, 0.717) is 36.7 Å². The summed E-state index contributed by atoms with van der Waals surface area (Å²) in [7, 11) is -1.51. The van der Waals surface area contributed by atoms with Gasteiger partial charge in [-0.05, 0) is 86.0 Å². The second kappa shape index (κ2) is 13.4. The van der Waals surface area contributed by atoms with E-state index < -0.39 is 49.1 Å². The Hall–Kier alpha value is -3.54. The van der Waals surface area contributed by atoms with Crippen molar-refractivity contribution in [3.63, 3.8) is 0 Å². The zero-order chi connectivity index (χ0) is 32.4. The summed E-state index contributed by atoms with van der Waals surface area (Å²) < 4.78 is 52.7. The Bertz CT molecular complexity index is 1580. The van der Waals surface area contributed by atoms with Crippen molar-refractivity contribution in [3.05, 3.63) is 63.9 Å². The molecule has 0 amide bonds. The van der Waals surface area contributed by atoms with Crippen LogP contribution in [-0.4, -0.2) is 48.0 Å². The average Bonchev–Trinajstić information content (AvgIpc) is 3.66. The molecule has 2 aliphatic carbocycles. The fourth-order valence-corrected chi connectivity index (χ4v) is 7.12. The summed E-state index contributed by atoms with van der Waals surface area (Å²) in [4.78, 5) is 40.6. The van der Waals surface area contributed by atoms with E-state index in [1.54, 1.807) is 24.3 Å². The molecule has 8 nitrogen and oxygen atoms in total. The number of fused-ring (bicyclic) bond motifs is 1. The first-order valence-electron chi connectivity index (χ1n) is 15.7. The number of alkyl halides is 3. The summed E-state index contributed by atoms with van der Waals surface area (Å²) in [6.07, 6.45) is 0.992. The van der Waals surface area contributed by atoms with Gasteiger partial charge in [-0.2, -0.15) is 13.2 Å². The Labute approximate surface area is 261 Å². The van der Waals surface area contributed by atoms with Gasteiger partial charge in [0.25, 0.3) is 5.56 Å². The lowest BCUT2D eigenvalue weighted by Gasteiger charge is -2.24. The Balaban J connectivity index is 1.36. The van der Waals surface area contributed by atoms with E-state index in [1.165, 1.54) is 25.7 Å². The van der Waals surface area contributed by atoms with E-state index in [1.807, 2.05) is 0 Å². The Morgan fingerprint density at radius 2 is 1.71 bits per heavy atom. The van der Waals surface area contributed by atoms with Crippen LogP contribution in [0.15, 0.2) is 47.3 Å². The zero-order valence-corrected chi connectivity index (χ0v) is 26.9. The molecule has 12 heteroatoms. The highest BCUT2D eigenvalue weighted by Crippen LogP contribution is 2.41. The van der Waals surface area contributed by atoms with Crippen LogP contribution in [0.1, 0.15) is 54.4 Å². The maximum atomic E-state index is 13.8. The molecule has 0 spiro atoms. The second-order valence-corrected chi connectivity index (χ2v) is 19.2. The Kier molecular flexibility index (Phi) is 9.81. The van der Waals surface area contributed by atoms with Crippen LogP contribution >= 0.6 is 0 Å². The molecule has 0 radical (unpaired) electrons. The minimum Gasteiger partial charge on any atom is -0.493 e. The number of ether oxygens (including phenoxy) is 2. The molecule has 1 heterocycles. The quantitative estimate of drug-likeness (QED) is 0.129. The summed E-state index contributed by atoms with van der Waals surface area (Å²) in [6.45, 7) is 7.31. The molecule has 2 fully saturated rings. The third-order valence-corrected chi connectivity index (χ3v) is 10.8. The predicted molar refractivity (Wildman–Crippen MR) is 166 cm³/mol. The van der Waals surface area contributed by atoms with Gasteiger partial charge in [0.1, 0.15) is 11.3 Å². The number of esters is 1. The fraction of sp³-hybridized carbons (Fsp3) is 0.545. The smallest absolute Gasteiger partial charge is 0.416 e. The molecule has 3 aromatic rings. The fourth-order valence-electron chi connectivity index (χ4n) is 6.41. The lowest BCUT2D eigenvalue weighted by Crippen LogP contribution is -2.36. The molecule has 0 bridgehead atoms. The van der Waals surface area contributed by atoms with Gasteiger partial charge in [0.05, 0.1) is 36.6 Å². The average molecular weight is 644 g/mol. The van der Waals surface area contributed by atoms with E-state index in [0.717, 1.165) is 28.9 Å². The molecule has 0 aliphatic heterocycles. The van der Waals surface area contributed by atoms with Crippen LogP contribution in [0.3, 0.4) is 0 Å². The van der Waals surface area contributed by atoms with Gasteiger partial charge in [0.2, 0.25) is 0 Å². The Morgan fingerprint density at radius 3 is 2.38 bits per heavy atom. The van der Waals surface area contributed by atoms with E-state index in [-0.39, 0.29) is 29.8 Å². The summed E-state index contributed by atoms with van der Waals surface area (Å²) in [5.41, 5.74) is -1.20. The van der Waals surface area contributed by atoms with E-state index >= 15 is 0 Å². The van der Waals surface area contributed by atoms with Gasteiger partial charge in [-0.1, -0.05) is 37.7 Å². The molecular weight excluding hydrogens is 603 g/mol. The summed E-state index contributed by atoms with van der Waals surface area (Å²) in [5, 5.41) is 7.71. The molecule has 0 unspecified atom stereocenters. The van der Waals surface area contributed by atoms with E-state index in [4.69, 9.17) is 9.47 Å². The van der Waals surface area contributed by atoms with Crippen LogP contribution in [0.25, 0.3) is 10.9 Å². The molecule has 0 saturated heterocycles. The van der Waals surface area contributed by atoms with Gasteiger partial charge in [-0.25, -0.2) is 4.68 Å². The van der Waals surface area contributed by atoms with Gasteiger partial charge >= 0.3 is 12.1 Å². The molecular formula is C33H40F3N3O5Si. The lowest BCUT2D eigenvalue weighted by atomic mass is 9.84.